The molecule has 2 rings (SSSR count). The van der Waals surface area contributed by atoms with Gasteiger partial charge in [-0.2, -0.15) is 8.42 Å². The Labute approximate surface area is 87.1 Å². The summed E-state index contributed by atoms with van der Waals surface area (Å²) >= 11 is 0. The van der Waals surface area contributed by atoms with Crippen molar-refractivity contribution in [2.24, 2.45) is 0 Å². The van der Waals surface area contributed by atoms with Crippen molar-refractivity contribution in [2.45, 2.75) is 6.54 Å². The standard InChI is InChI=1S/C8H9N3O3S/c12-8-6-11(15(13,14)10-8)5-7-1-3-9-4-2-7/h1-4,6,10,12H,5H2. The van der Waals surface area contributed by atoms with E-state index in [1.165, 1.54) is 0 Å². The molecule has 0 radical (unpaired) electrons. The molecule has 0 aliphatic carbocycles. The lowest BCUT2D eigenvalue weighted by atomic mass is 10.3. The van der Waals surface area contributed by atoms with E-state index in [-0.39, 0.29) is 12.4 Å². The number of aromatic nitrogens is 1. The van der Waals surface area contributed by atoms with Crippen LogP contribution in [0.25, 0.3) is 0 Å². The van der Waals surface area contributed by atoms with Gasteiger partial charge in [-0.25, -0.2) is 4.72 Å². The van der Waals surface area contributed by atoms with E-state index in [4.69, 9.17) is 5.11 Å². The average molecular weight is 227 g/mol. The van der Waals surface area contributed by atoms with Crippen LogP contribution in [0.1, 0.15) is 5.56 Å². The second kappa shape index (κ2) is 3.43. The van der Waals surface area contributed by atoms with Crippen molar-refractivity contribution >= 4 is 10.2 Å². The van der Waals surface area contributed by atoms with Gasteiger partial charge in [0.2, 0.25) is 5.88 Å². The van der Waals surface area contributed by atoms with E-state index in [9.17, 15) is 8.42 Å². The number of nitrogens with zero attached hydrogens (tertiary/aromatic N) is 2. The third-order valence-corrected chi connectivity index (χ3v) is 3.22. The molecule has 2 N–H and O–H groups in total. The first-order valence-electron chi connectivity index (χ1n) is 4.17. The van der Waals surface area contributed by atoms with Gasteiger partial charge in [-0.05, 0) is 17.7 Å². The zero-order chi connectivity index (χ0) is 10.9. The van der Waals surface area contributed by atoms with Gasteiger partial charge in [-0.15, -0.1) is 0 Å². The topological polar surface area (TPSA) is 82.5 Å². The minimum atomic E-state index is -3.61. The summed E-state index contributed by atoms with van der Waals surface area (Å²) < 4.78 is 25.7. The van der Waals surface area contributed by atoms with E-state index in [1.54, 1.807) is 24.5 Å². The van der Waals surface area contributed by atoms with Crippen LogP contribution in [0.2, 0.25) is 0 Å². The Balaban J connectivity index is 2.20. The Morgan fingerprint density at radius 2 is 2.07 bits per heavy atom. The van der Waals surface area contributed by atoms with Gasteiger partial charge in [0, 0.05) is 12.4 Å². The Hall–Kier alpha value is -1.76. The molecular formula is C8H9N3O3S. The summed E-state index contributed by atoms with van der Waals surface area (Å²) in [7, 11) is -3.61. The largest absolute Gasteiger partial charge is 0.493 e. The summed E-state index contributed by atoms with van der Waals surface area (Å²) in [5.74, 6) is -0.371. The number of nitrogens with one attached hydrogen (secondary N) is 1. The molecule has 1 aromatic rings. The van der Waals surface area contributed by atoms with Gasteiger partial charge in [0.05, 0.1) is 12.7 Å². The fourth-order valence-electron chi connectivity index (χ4n) is 1.22. The van der Waals surface area contributed by atoms with Gasteiger partial charge in [0.25, 0.3) is 0 Å². The van der Waals surface area contributed by atoms with Crippen LogP contribution in [0.5, 0.6) is 0 Å². The lowest BCUT2D eigenvalue weighted by molar-refractivity contribution is 0.390. The van der Waals surface area contributed by atoms with Gasteiger partial charge < -0.3 is 5.11 Å². The van der Waals surface area contributed by atoms with E-state index < -0.39 is 10.2 Å². The Bertz CT molecular complexity index is 483. The molecule has 0 spiro atoms. The Morgan fingerprint density at radius 1 is 1.40 bits per heavy atom. The third-order valence-electron chi connectivity index (χ3n) is 1.90. The van der Waals surface area contributed by atoms with Crippen molar-refractivity contribution in [1.29, 1.82) is 0 Å². The molecule has 1 aromatic heterocycles. The predicted octanol–water partition coefficient (Wildman–Crippen LogP) is 0.0885. The summed E-state index contributed by atoms with van der Waals surface area (Å²) in [6, 6.07) is 3.41. The number of hydrogen-bond acceptors (Lipinski definition) is 4. The van der Waals surface area contributed by atoms with Crippen LogP contribution in [0.4, 0.5) is 0 Å². The van der Waals surface area contributed by atoms with Crippen molar-refractivity contribution in [3.63, 3.8) is 0 Å². The normalized spacial score (nSPS) is 18.4. The number of hydrogen-bond donors (Lipinski definition) is 2. The zero-order valence-corrected chi connectivity index (χ0v) is 8.48. The minimum Gasteiger partial charge on any atom is -0.493 e. The maximum Gasteiger partial charge on any atom is 0.326 e. The molecule has 7 heteroatoms. The van der Waals surface area contributed by atoms with Gasteiger partial charge in [-0.3, -0.25) is 9.29 Å². The van der Waals surface area contributed by atoms with E-state index >= 15 is 0 Å². The van der Waals surface area contributed by atoms with Crippen LogP contribution in [-0.2, 0) is 16.8 Å². The van der Waals surface area contributed by atoms with E-state index in [1.807, 2.05) is 4.72 Å². The first kappa shape index (κ1) is 9.78. The second-order valence-electron chi connectivity index (χ2n) is 3.02. The fraction of sp³-hybridized carbons (Fsp3) is 0.125. The smallest absolute Gasteiger partial charge is 0.326 e. The molecule has 80 valence electrons. The summed E-state index contributed by atoms with van der Waals surface area (Å²) in [5, 5.41) is 9.03. The van der Waals surface area contributed by atoms with Gasteiger partial charge in [0.15, 0.2) is 0 Å². The lowest BCUT2D eigenvalue weighted by Gasteiger charge is -2.13. The van der Waals surface area contributed by atoms with Crippen LogP contribution >= 0.6 is 0 Å². The molecule has 0 amide bonds. The van der Waals surface area contributed by atoms with Crippen molar-refractivity contribution < 1.29 is 13.5 Å². The first-order valence-corrected chi connectivity index (χ1v) is 5.61. The van der Waals surface area contributed by atoms with Gasteiger partial charge in [-0.1, -0.05) is 0 Å². The minimum absolute atomic E-state index is 0.169. The summed E-state index contributed by atoms with van der Waals surface area (Å²) in [6.45, 7) is 0.169. The highest BCUT2D eigenvalue weighted by molar-refractivity contribution is 7.87. The van der Waals surface area contributed by atoms with E-state index in [0.717, 1.165) is 16.1 Å². The highest BCUT2D eigenvalue weighted by atomic mass is 32.2. The molecule has 0 unspecified atom stereocenters. The average Bonchev–Trinajstić information content (AvgIpc) is 2.41. The first-order chi connectivity index (χ1) is 7.08. The van der Waals surface area contributed by atoms with Crippen molar-refractivity contribution in [3.8, 4) is 0 Å². The highest BCUT2D eigenvalue weighted by Gasteiger charge is 2.26. The second-order valence-corrected chi connectivity index (χ2v) is 4.65. The maximum absolute atomic E-state index is 11.4. The maximum atomic E-state index is 11.4. The molecule has 1 aliphatic heterocycles. The van der Waals surface area contributed by atoms with Crippen LogP contribution in [0, 0.1) is 0 Å². The lowest BCUT2D eigenvalue weighted by Crippen LogP contribution is -2.29. The monoisotopic (exact) mass is 227 g/mol. The SMILES string of the molecule is O=S1(=O)NC(O)=CN1Cc1ccncc1. The molecule has 1 aliphatic rings. The Kier molecular flexibility index (Phi) is 2.24. The number of pyridine rings is 1. The fourth-order valence-corrected chi connectivity index (χ4v) is 2.21. The molecular weight excluding hydrogens is 218 g/mol. The van der Waals surface area contributed by atoms with Crippen LogP contribution in [0.15, 0.2) is 36.6 Å². The van der Waals surface area contributed by atoms with Gasteiger partial charge >= 0.3 is 10.2 Å². The molecule has 0 fully saturated rings. The van der Waals surface area contributed by atoms with Crippen LogP contribution in [0.3, 0.4) is 0 Å². The molecule has 0 atom stereocenters. The molecule has 15 heavy (non-hydrogen) atoms. The molecule has 0 aromatic carbocycles. The van der Waals surface area contributed by atoms with Gasteiger partial charge in [0.1, 0.15) is 0 Å². The quantitative estimate of drug-likeness (QED) is 0.750. The number of rotatable bonds is 2. The number of aliphatic hydroxyl groups excluding tert-OH is 1. The van der Waals surface area contributed by atoms with Crippen molar-refractivity contribution in [1.82, 2.24) is 14.0 Å². The van der Waals surface area contributed by atoms with Crippen molar-refractivity contribution in [2.75, 3.05) is 0 Å². The molecule has 2 heterocycles. The molecule has 0 bridgehead atoms. The van der Waals surface area contributed by atoms with Crippen LogP contribution in [-0.4, -0.2) is 22.8 Å². The van der Waals surface area contributed by atoms with Crippen LogP contribution < -0.4 is 4.72 Å². The molecule has 6 nitrogen and oxygen atoms in total. The number of aliphatic hydroxyl groups is 1. The summed E-state index contributed by atoms with van der Waals surface area (Å²) in [5.41, 5.74) is 0.793. The molecule has 0 saturated carbocycles. The summed E-state index contributed by atoms with van der Waals surface area (Å²) in [4.78, 5) is 3.82. The van der Waals surface area contributed by atoms with E-state index in [2.05, 4.69) is 4.98 Å². The third kappa shape index (κ3) is 2.01. The summed E-state index contributed by atoms with van der Waals surface area (Å²) in [6.07, 6.45) is 4.29. The Morgan fingerprint density at radius 3 is 2.60 bits per heavy atom. The predicted molar refractivity (Wildman–Crippen MR) is 52.5 cm³/mol. The highest BCUT2D eigenvalue weighted by Crippen LogP contribution is 2.14. The molecule has 0 saturated heterocycles. The zero-order valence-electron chi connectivity index (χ0n) is 7.66. The van der Waals surface area contributed by atoms with Crippen molar-refractivity contribution in [3.05, 3.63) is 42.2 Å². The van der Waals surface area contributed by atoms with E-state index in [0.29, 0.717) is 0 Å².